The molecule has 0 radical (unpaired) electrons. The van der Waals surface area contributed by atoms with Gasteiger partial charge in [0.15, 0.2) is 0 Å². The number of hydrogen-bond donors (Lipinski definition) is 1. The van der Waals surface area contributed by atoms with E-state index in [9.17, 15) is 18.0 Å². The highest BCUT2D eigenvalue weighted by molar-refractivity contribution is 7.92. The largest absolute Gasteiger partial charge is 0.497 e. The Kier molecular flexibility index (Phi) is 11.9. The number of hydrogen-bond acceptors (Lipinski definition) is 6. The first-order valence-corrected chi connectivity index (χ1v) is 14.7. The lowest BCUT2D eigenvalue weighted by molar-refractivity contribution is -0.140. The van der Waals surface area contributed by atoms with Crippen LogP contribution < -0.4 is 19.1 Å². The van der Waals surface area contributed by atoms with Crippen LogP contribution in [0, 0.1) is 5.92 Å². The second-order valence-corrected chi connectivity index (χ2v) is 11.5. The first-order chi connectivity index (χ1) is 18.0. The summed E-state index contributed by atoms with van der Waals surface area (Å²) in [5.41, 5.74) is 1.33. The molecule has 0 aliphatic carbocycles. The average Bonchev–Trinajstić information content (AvgIpc) is 2.88. The molecule has 0 bridgehead atoms. The van der Waals surface area contributed by atoms with Crippen molar-refractivity contribution in [3.63, 3.8) is 0 Å². The van der Waals surface area contributed by atoms with Gasteiger partial charge in [0.25, 0.3) is 0 Å². The smallest absolute Gasteiger partial charge is 0.242 e. The van der Waals surface area contributed by atoms with Crippen LogP contribution in [0.5, 0.6) is 11.5 Å². The second-order valence-electron chi connectivity index (χ2n) is 9.55. The van der Waals surface area contributed by atoms with Crippen LogP contribution in [0.3, 0.4) is 0 Å². The molecule has 0 spiro atoms. The quantitative estimate of drug-likeness (QED) is 0.363. The third kappa shape index (κ3) is 9.55. The van der Waals surface area contributed by atoms with Gasteiger partial charge in [0.2, 0.25) is 21.8 Å². The van der Waals surface area contributed by atoms with Gasteiger partial charge in [-0.3, -0.25) is 13.9 Å². The van der Waals surface area contributed by atoms with E-state index in [-0.39, 0.29) is 43.7 Å². The van der Waals surface area contributed by atoms with Crippen molar-refractivity contribution < 1.29 is 27.5 Å². The molecule has 0 aromatic heterocycles. The maximum atomic E-state index is 13.4. The van der Waals surface area contributed by atoms with Gasteiger partial charge in [-0.25, -0.2) is 8.42 Å². The fraction of sp³-hybridized carbons (Fsp3) is 0.500. The molecule has 10 heteroatoms. The average molecular weight is 548 g/mol. The van der Waals surface area contributed by atoms with Gasteiger partial charge in [0.1, 0.15) is 17.5 Å². The SMILES string of the molecule is CCOc1ccc(N(CCCC(=O)N(Cc2cccc(OC)c2)[C@H](C)C(=O)NCC(C)C)S(C)(=O)=O)cc1. The Morgan fingerprint density at radius 3 is 2.29 bits per heavy atom. The summed E-state index contributed by atoms with van der Waals surface area (Å²) in [6.45, 7) is 8.95. The predicted octanol–water partition coefficient (Wildman–Crippen LogP) is 3.83. The number of methoxy groups -OCH3 is 1. The molecule has 0 fully saturated rings. The van der Waals surface area contributed by atoms with E-state index in [1.165, 1.54) is 9.21 Å². The molecule has 0 unspecified atom stereocenters. The molecule has 210 valence electrons. The van der Waals surface area contributed by atoms with E-state index in [1.54, 1.807) is 38.3 Å². The van der Waals surface area contributed by atoms with Crippen molar-refractivity contribution in [1.29, 1.82) is 0 Å². The minimum absolute atomic E-state index is 0.0782. The number of nitrogens with zero attached hydrogens (tertiary/aromatic N) is 2. The minimum atomic E-state index is -3.57. The Labute approximate surface area is 227 Å². The third-order valence-electron chi connectivity index (χ3n) is 5.93. The van der Waals surface area contributed by atoms with Crippen LogP contribution >= 0.6 is 0 Å². The lowest BCUT2D eigenvalue weighted by Gasteiger charge is -2.30. The number of benzene rings is 2. The molecular weight excluding hydrogens is 506 g/mol. The monoisotopic (exact) mass is 547 g/mol. The van der Waals surface area contributed by atoms with E-state index in [4.69, 9.17) is 9.47 Å². The number of ether oxygens (including phenoxy) is 2. The molecule has 0 aliphatic rings. The highest BCUT2D eigenvalue weighted by Gasteiger charge is 2.27. The summed E-state index contributed by atoms with van der Waals surface area (Å²) in [6, 6.07) is 13.5. The Bertz CT molecular complexity index is 1150. The standard InChI is InChI=1S/C28H41N3O6S/c1-7-37-25-15-13-24(14-16-25)31(38(6,34)35)17-9-12-27(32)30(22(4)28(33)29-19-21(2)3)20-23-10-8-11-26(18-23)36-5/h8,10-11,13-16,18,21-22H,7,9,12,17,19-20H2,1-6H3,(H,29,33)/t22-/m1/s1. The zero-order chi connectivity index (χ0) is 28.3. The summed E-state index contributed by atoms with van der Waals surface area (Å²) in [6.07, 6.45) is 1.50. The Hall–Kier alpha value is -3.27. The van der Waals surface area contributed by atoms with Gasteiger partial charge in [-0.05, 0) is 68.1 Å². The molecule has 0 aliphatic heterocycles. The van der Waals surface area contributed by atoms with Crippen molar-refractivity contribution >= 4 is 27.5 Å². The molecule has 1 atom stereocenters. The van der Waals surface area contributed by atoms with Crippen molar-refractivity contribution in [1.82, 2.24) is 10.2 Å². The van der Waals surface area contributed by atoms with Crippen LogP contribution in [0.2, 0.25) is 0 Å². The number of nitrogens with one attached hydrogen (secondary N) is 1. The van der Waals surface area contributed by atoms with Gasteiger partial charge >= 0.3 is 0 Å². The van der Waals surface area contributed by atoms with E-state index in [2.05, 4.69) is 5.32 Å². The molecule has 2 amide bonds. The van der Waals surface area contributed by atoms with Gasteiger partial charge < -0.3 is 19.7 Å². The lowest BCUT2D eigenvalue weighted by atomic mass is 10.1. The molecular formula is C28H41N3O6S. The fourth-order valence-corrected chi connectivity index (χ4v) is 4.85. The molecule has 9 nitrogen and oxygen atoms in total. The number of anilines is 1. The Balaban J connectivity index is 2.17. The maximum Gasteiger partial charge on any atom is 0.242 e. The van der Waals surface area contributed by atoms with Crippen molar-refractivity contribution in [3.8, 4) is 11.5 Å². The summed E-state index contributed by atoms with van der Waals surface area (Å²) < 4.78 is 37.0. The lowest BCUT2D eigenvalue weighted by Crippen LogP contribution is -2.48. The number of amides is 2. The molecule has 0 saturated heterocycles. The van der Waals surface area contributed by atoms with Gasteiger partial charge in [-0.1, -0.05) is 26.0 Å². The molecule has 2 rings (SSSR count). The molecule has 1 N–H and O–H groups in total. The van der Waals surface area contributed by atoms with Crippen LogP contribution in [0.1, 0.15) is 46.1 Å². The zero-order valence-corrected chi connectivity index (χ0v) is 24.1. The van der Waals surface area contributed by atoms with Crippen LogP contribution in [0.25, 0.3) is 0 Å². The number of carbonyl (C=O) groups excluding carboxylic acids is 2. The molecule has 38 heavy (non-hydrogen) atoms. The van der Waals surface area contributed by atoms with Crippen LogP contribution in [-0.4, -0.2) is 64.2 Å². The summed E-state index contributed by atoms with van der Waals surface area (Å²) >= 11 is 0. The zero-order valence-electron chi connectivity index (χ0n) is 23.3. The maximum absolute atomic E-state index is 13.4. The summed E-state index contributed by atoms with van der Waals surface area (Å²) in [4.78, 5) is 27.8. The van der Waals surface area contributed by atoms with E-state index in [0.29, 0.717) is 30.3 Å². The molecule has 0 heterocycles. The van der Waals surface area contributed by atoms with E-state index in [0.717, 1.165) is 11.8 Å². The van der Waals surface area contributed by atoms with Crippen molar-refractivity contribution in [2.75, 3.05) is 37.4 Å². The van der Waals surface area contributed by atoms with Gasteiger partial charge in [-0.2, -0.15) is 0 Å². The van der Waals surface area contributed by atoms with Crippen molar-refractivity contribution in [2.45, 2.75) is 53.1 Å². The van der Waals surface area contributed by atoms with E-state index < -0.39 is 16.1 Å². The molecule has 2 aromatic rings. The Morgan fingerprint density at radius 1 is 1.03 bits per heavy atom. The fourth-order valence-electron chi connectivity index (χ4n) is 3.88. The van der Waals surface area contributed by atoms with Crippen molar-refractivity contribution in [2.24, 2.45) is 5.92 Å². The highest BCUT2D eigenvalue weighted by Crippen LogP contribution is 2.23. The predicted molar refractivity (Wildman–Crippen MR) is 150 cm³/mol. The number of carbonyl (C=O) groups is 2. The van der Waals surface area contributed by atoms with Gasteiger partial charge in [-0.15, -0.1) is 0 Å². The van der Waals surface area contributed by atoms with E-state index in [1.807, 2.05) is 45.0 Å². The van der Waals surface area contributed by atoms with Crippen LogP contribution in [-0.2, 0) is 26.2 Å². The topological polar surface area (TPSA) is 105 Å². The number of sulfonamides is 1. The summed E-state index contributed by atoms with van der Waals surface area (Å²) in [5.74, 6) is 1.12. The van der Waals surface area contributed by atoms with E-state index >= 15 is 0 Å². The normalized spacial score (nSPS) is 12.1. The minimum Gasteiger partial charge on any atom is -0.497 e. The van der Waals surface area contributed by atoms with Crippen molar-refractivity contribution in [3.05, 3.63) is 54.1 Å². The number of rotatable bonds is 15. The summed E-state index contributed by atoms with van der Waals surface area (Å²) in [7, 11) is -2.00. The second kappa shape index (κ2) is 14.6. The van der Waals surface area contributed by atoms with Crippen LogP contribution in [0.15, 0.2) is 48.5 Å². The first-order valence-electron chi connectivity index (χ1n) is 12.9. The van der Waals surface area contributed by atoms with Gasteiger partial charge in [0.05, 0.1) is 25.7 Å². The van der Waals surface area contributed by atoms with Gasteiger partial charge in [0, 0.05) is 26.1 Å². The highest BCUT2D eigenvalue weighted by atomic mass is 32.2. The molecule has 0 saturated carbocycles. The summed E-state index contributed by atoms with van der Waals surface area (Å²) in [5, 5.41) is 2.90. The first kappa shape index (κ1) is 31.0. The molecule has 2 aromatic carbocycles. The van der Waals surface area contributed by atoms with Crippen LogP contribution in [0.4, 0.5) is 5.69 Å². The Morgan fingerprint density at radius 2 is 1.71 bits per heavy atom. The third-order valence-corrected chi connectivity index (χ3v) is 7.12.